The molecular weight excluding hydrogens is 262 g/mol. The predicted octanol–water partition coefficient (Wildman–Crippen LogP) is 3.94. The molecule has 1 heterocycles. The maximum atomic E-state index is 5.83. The van der Waals surface area contributed by atoms with Gasteiger partial charge in [0.25, 0.3) is 0 Å². The highest BCUT2D eigenvalue weighted by Crippen LogP contribution is 2.35. The Morgan fingerprint density at radius 1 is 1.29 bits per heavy atom. The summed E-state index contributed by atoms with van der Waals surface area (Å²) in [6.45, 7) is 4.91. The van der Waals surface area contributed by atoms with Crippen LogP contribution in [-0.2, 0) is 13.0 Å². The molecule has 1 N–H and O–H groups in total. The minimum absolute atomic E-state index is 0.254. The van der Waals surface area contributed by atoms with Crippen molar-refractivity contribution in [2.24, 2.45) is 0 Å². The predicted molar refractivity (Wildman–Crippen MR) is 85.3 cm³/mol. The van der Waals surface area contributed by atoms with Crippen LogP contribution in [0.25, 0.3) is 0 Å². The van der Waals surface area contributed by atoms with Gasteiger partial charge in [-0.1, -0.05) is 12.1 Å². The molecule has 0 fully saturated rings. The molecule has 110 valence electrons. The third-order valence-corrected chi connectivity index (χ3v) is 3.80. The van der Waals surface area contributed by atoms with Crippen molar-refractivity contribution < 1.29 is 9.47 Å². The molecule has 1 aliphatic rings. The maximum absolute atomic E-state index is 5.83. The molecule has 1 aliphatic heterocycles. The molecule has 1 atom stereocenters. The van der Waals surface area contributed by atoms with Crippen molar-refractivity contribution in [2.75, 3.05) is 12.4 Å². The van der Waals surface area contributed by atoms with Crippen LogP contribution >= 0.6 is 0 Å². The zero-order valence-electron chi connectivity index (χ0n) is 12.8. The van der Waals surface area contributed by atoms with Crippen molar-refractivity contribution in [3.63, 3.8) is 0 Å². The van der Waals surface area contributed by atoms with E-state index in [2.05, 4.69) is 55.6 Å². The monoisotopic (exact) mass is 283 g/mol. The van der Waals surface area contributed by atoms with E-state index in [1.54, 1.807) is 7.11 Å². The Bertz CT molecular complexity index is 652. The average molecular weight is 283 g/mol. The Labute approximate surface area is 125 Å². The number of anilines is 1. The number of hydrogen-bond donors (Lipinski definition) is 1. The molecule has 1 unspecified atom stereocenters. The zero-order chi connectivity index (χ0) is 14.8. The Morgan fingerprint density at radius 3 is 2.90 bits per heavy atom. The smallest absolute Gasteiger partial charge is 0.124 e. The average Bonchev–Trinajstić information content (AvgIpc) is 2.83. The molecule has 0 spiro atoms. The maximum Gasteiger partial charge on any atom is 0.124 e. The molecule has 0 saturated heterocycles. The molecule has 0 radical (unpaired) electrons. The van der Waals surface area contributed by atoms with Gasteiger partial charge in [0.15, 0.2) is 0 Å². The first-order valence-electron chi connectivity index (χ1n) is 7.32. The van der Waals surface area contributed by atoms with E-state index in [1.165, 1.54) is 11.1 Å². The van der Waals surface area contributed by atoms with Crippen molar-refractivity contribution in [1.82, 2.24) is 0 Å². The molecule has 2 aromatic carbocycles. The van der Waals surface area contributed by atoms with E-state index in [9.17, 15) is 0 Å². The summed E-state index contributed by atoms with van der Waals surface area (Å²) in [4.78, 5) is 0. The third-order valence-electron chi connectivity index (χ3n) is 3.80. The summed E-state index contributed by atoms with van der Waals surface area (Å²) >= 11 is 0. The van der Waals surface area contributed by atoms with Gasteiger partial charge in [-0.2, -0.15) is 0 Å². The highest BCUT2D eigenvalue weighted by molar-refractivity contribution is 5.51. The lowest BCUT2D eigenvalue weighted by molar-refractivity contribution is 0.254. The van der Waals surface area contributed by atoms with Crippen LogP contribution in [0, 0.1) is 6.92 Å². The van der Waals surface area contributed by atoms with Crippen LogP contribution in [0.1, 0.15) is 23.6 Å². The molecule has 3 nitrogen and oxygen atoms in total. The number of aryl methyl sites for hydroxylation is 1. The van der Waals surface area contributed by atoms with E-state index < -0.39 is 0 Å². The fourth-order valence-electron chi connectivity index (χ4n) is 2.76. The lowest BCUT2D eigenvalue weighted by atomic mass is 10.1. The SMILES string of the molecule is COc1cc2c(cc1CNc1cccc(C)c1)OC(C)C2. The lowest BCUT2D eigenvalue weighted by Crippen LogP contribution is -2.05. The van der Waals surface area contributed by atoms with Crippen molar-refractivity contribution >= 4 is 5.69 Å². The van der Waals surface area contributed by atoms with Gasteiger partial charge in [0.2, 0.25) is 0 Å². The second-order valence-corrected chi connectivity index (χ2v) is 5.63. The van der Waals surface area contributed by atoms with Gasteiger partial charge in [0.05, 0.1) is 7.11 Å². The minimum Gasteiger partial charge on any atom is -0.496 e. The summed E-state index contributed by atoms with van der Waals surface area (Å²) in [6, 6.07) is 12.6. The highest BCUT2D eigenvalue weighted by atomic mass is 16.5. The first-order chi connectivity index (χ1) is 10.2. The number of fused-ring (bicyclic) bond motifs is 1. The lowest BCUT2D eigenvalue weighted by Gasteiger charge is -2.13. The van der Waals surface area contributed by atoms with Gasteiger partial charge in [-0.25, -0.2) is 0 Å². The van der Waals surface area contributed by atoms with Gasteiger partial charge in [0, 0.05) is 29.8 Å². The van der Waals surface area contributed by atoms with Crippen LogP contribution in [-0.4, -0.2) is 13.2 Å². The van der Waals surface area contributed by atoms with Gasteiger partial charge in [-0.05, 0) is 43.7 Å². The van der Waals surface area contributed by atoms with E-state index in [4.69, 9.17) is 9.47 Å². The Kier molecular flexibility index (Phi) is 3.74. The van der Waals surface area contributed by atoms with Crippen molar-refractivity contribution in [3.05, 3.63) is 53.1 Å². The van der Waals surface area contributed by atoms with Gasteiger partial charge in [-0.15, -0.1) is 0 Å². The van der Waals surface area contributed by atoms with E-state index >= 15 is 0 Å². The fourth-order valence-corrected chi connectivity index (χ4v) is 2.76. The Balaban J connectivity index is 1.80. The van der Waals surface area contributed by atoms with Crippen LogP contribution in [0.15, 0.2) is 36.4 Å². The van der Waals surface area contributed by atoms with Crippen molar-refractivity contribution in [1.29, 1.82) is 0 Å². The zero-order valence-corrected chi connectivity index (χ0v) is 12.8. The standard InChI is InChI=1S/C18H21NO2/c1-12-5-4-6-16(7-12)19-11-15-10-18-14(8-13(2)21-18)9-17(15)20-3/h4-7,9-10,13,19H,8,11H2,1-3H3. The van der Waals surface area contributed by atoms with Crippen LogP contribution in [0.3, 0.4) is 0 Å². The molecule has 0 aromatic heterocycles. The van der Waals surface area contributed by atoms with Crippen LogP contribution in [0.5, 0.6) is 11.5 Å². The number of methoxy groups -OCH3 is 1. The van der Waals surface area contributed by atoms with Crippen LogP contribution in [0.4, 0.5) is 5.69 Å². The largest absolute Gasteiger partial charge is 0.496 e. The van der Waals surface area contributed by atoms with E-state index in [0.29, 0.717) is 0 Å². The molecule has 21 heavy (non-hydrogen) atoms. The molecule has 3 rings (SSSR count). The molecule has 3 heteroatoms. The van der Waals surface area contributed by atoms with E-state index in [0.717, 1.165) is 35.7 Å². The van der Waals surface area contributed by atoms with Gasteiger partial charge in [0.1, 0.15) is 17.6 Å². The van der Waals surface area contributed by atoms with Crippen molar-refractivity contribution in [2.45, 2.75) is 32.9 Å². The van der Waals surface area contributed by atoms with Crippen LogP contribution in [0.2, 0.25) is 0 Å². The number of ether oxygens (including phenoxy) is 2. The van der Waals surface area contributed by atoms with Gasteiger partial charge < -0.3 is 14.8 Å². The second kappa shape index (κ2) is 5.68. The summed E-state index contributed by atoms with van der Waals surface area (Å²) < 4.78 is 11.4. The Morgan fingerprint density at radius 2 is 2.14 bits per heavy atom. The summed E-state index contributed by atoms with van der Waals surface area (Å²) in [5, 5.41) is 3.44. The second-order valence-electron chi connectivity index (χ2n) is 5.63. The number of benzene rings is 2. The molecule has 2 aromatic rings. The summed E-state index contributed by atoms with van der Waals surface area (Å²) in [5.74, 6) is 1.91. The Hall–Kier alpha value is -2.16. The molecule has 0 amide bonds. The number of hydrogen-bond acceptors (Lipinski definition) is 3. The molecular formula is C18H21NO2. The number of rotatable bonds is 4. The van der Waals surface area contributed by atoms with Gasteiger partial charge in [-0.3, -0.25) is 0 Å². The first-order valence-corrected chi connectivity index (χ1v) is 7.32. The first kappa shape index (κ1) is 13.8. The summed E-state index contributed by atoms with van der Waals surface area (Å²) in [5.41, 5.74) is 4.72. The number of nitrogens with one attached hydrogen (secondary N) is 1. The van der Waals surface area contributed by atoms with Gasteiger partial charge >= 0.3 is 0 Å². The molecule has 0 bridgehead atoms. The van der Waals surface area contributed by atoms with E-state index in [1.807, 2.05) is 0 Å². The fraction of sp³-hybridized carbons (Fsp3) is 0.333. The summed E-state index contributed by atoms with van der Waals surface area (Å²) in [7, 11) is 1.72. The quantitative estimate of drug-likeness (QED) is 0.922. The minimum atomic E-state index is 0.254. The normalized spacial score (nSPS) is 16.2. The summed E-state index contributed by atoms with van der Waals surface area (Å²) in [6.07, 6.45) is 1.21. The van der Waals surface area contributed by atoms with E-state index in [-0.39, 0.29) is 6.10 Å². The van der Waals surface area contributed by atoms with Crippen LogP contribution < -0.4 is 14.8 Å². The molecule has 0 saturated carbocycles. The highest BCUT2D eigenvalue weighted by Gasteiger charge is 2.21. The third kappa shape index (κ3) is 2.97. The molecule has 0 aliphatic carbocycles. The topological polar surface area (TPSA) is 30.5 Å². The van der Waals surface area contributed by atoms with Crippen molar-refractivity contribution in [3.8, 4) is 11.5 Å².